The summed E-state index contributed by atoms with van der Waals surface area (Å²) in [4.78, 5) is 0. The molecule has 0 radical (unpaired) electrons. The van der Waals surface area contributed by atoms with Crippen molar-refractivity contribution in [2.24, 2.45) is 0 Å². The zero-order valence-corrected chi connectivity index (χ0v) is 36.2. The van der Waals surface area contributed by atoms with Crippen molar-refractivity contribution in [3.63, 3.8) is 0 Å². The Morgan fingerprint density at radius 2 is 0.500 bits per heavy atom. The zero-order valence-electron chi connectivity index (χ0n) is 29.9. The van der Waals surface area contributed by atoms with Crippen molar-refractivity contribution in [3.05, 3.63) is 111 Å². The molecular formula is C40H44Br4O8. The van der Waals surface area contributed by atoms with E-state index in [1.165, 1.54) is 0 Å². The maximum absolute atomic E-state index is 6.58. The Kier molecular flexibility index (Phi) is 16.2. The fourth-order valence-corrected chi connectivity index (χ4v) is 8.58. The van der Waals surface area contributed by atoms with Crippen molar-refractivity contribution >= 4 is 63.7 Å². The first kappa shape index (κ1) is 41.0. The number of halogens is 4. The van der Waals surface area contributed by atoms with Crippen LogP contribution >= 0.6 is 63.7 Å². The van der Waals surface area contributed by atoms with Gasteiger partial charge >= 0.3 is 0 Å². The van der Waals surface area contributed by atoms with Crippen LogP contribution in [0.25, 0.3) is 0 Å². The minimum absolute atomic E-state index is 0.398. The second kappa shape index (κ2) is 20.5. The van der Waals surface area contributed by atoms with E-state index >= 15 is 0 Å². The average Bonchev–Trinajstić information content (AvgIpc) is 3.09. The Morgan fingerprint density at radius 3 is 0.654 bits per heavy atom. The molecule has 0 aliphatic heterocycles. The number of fused-ring (bicyclic) bond motifs is 8. The second-order valence-corrected chi connectivity index (χ2v) is 15.9. The van der Waals surface area contributed by atoms with Crippen LogP contribution in [0.4, 0.5) is 0 Å². The Morgan fingerprint density at radius 1 is 0.327 bits per heavy atom. The number of methoxy groups -OCH3 is 4. The molecule has 0 unspecified atom stereocenters. The first-order valence-electron chi connectivity index (χ1n) is 17.0. The topological polar surface area (TPSA) is 73.8 Å². The van der Waals surface area contributed by atoms with Gasteiger partial charge in [0.25, 0.3) is 0 Å². The minimum atomic E-state index is 0.398. The minimum Gasteiger partial charge on any atom is -0.491 e. The highest BCUT2D eigenvalue weighted by Crippen LogP contribution is 2.42. The third-order valence-corrected chi connectivity index (χ3v) is 10.3. The van der Waals surface area contributed by atoms with Crippen LogP contribution in [0.2, 0.25) is 0 Å². The zero-order chi connectivity index (χ0) is 37.0. The second-order valence-electron chi connectivity index (χ2n) is 12.3. The summed E-state index contributed by atoms with van der Waals surface area (Å²) in [6.07, 6.45) is 2.19. The molecule has 0 atom stereocenters. The molecule has 0 saturated carbocycles. The number of ether oxygens (including phenoxy) is 8. The summed E-state index contributed by atoms with van der Waals surface area (Å²) in [7, 11) is 6.71. The number of hydrogen-bond acceptors (Lipinski definition) is 8. The van der Waals surface area contributed by atoms with Gasteiger partial charge in [-0.2, -0.15) is 0 Å². The lowest BCUT2D eigenvalue weighted by Crippen LogP contribution is -2.13. The predicted molar refractivity (Wildman–Crippen MR) is 217 cm³/mol. The number of benzene rings is 4. The largest absolute Gasteiger partial charge is 0.491 e. The molecule has 0 heterocycles. The van der Waals surface area contributed by atoms with Crippen LogP contribution in [0, 0.1) is 0 Å². The van der Waals surface area contributed by atoms with E-state index in [0.717, 1.165) is 85.4 Å². The lowest BCUT2D eigenvalue weighted by Gasteiger charge is -2.24. The molecule has 4 aromatic carbocycles. The van der Waals surface area contributed by atoms with E-state index in [9.17, 15) is 0 Å². The summed E-state index contributed by atoms with van der Waals surface area (Å²) in [5.41, 5.74) is 8.10. The van der Waals surface area contributed by atoms with Crippen LogP contribution in [-0.2, 0) is 44.6 Å². The Hall–Kier alpha value is -2.16. The van der Waals surface area contributed by atoms with Gasteiger partial charge in [0.15, 0.2) is 0 Å². The molecule has 280 valence electrons. The molecule has 8 nitrogen and oxygen atoms in total. The molecule has 12 heteroatoms. The van der Waals surface area contributed by atoms with Crippen LogP contribution < -0.4 is 18.9 Å². The van der Waals surface area contributed by atoms with E-state index in [1.807, 2.05) is 0 Å². The van der Waals surface area contributed by atoms with Crippen LogP contribution in [0.3, 0.4) is 0 Å². The van der Waals surface area contributed by atoms with E-state index in [2.05, 4.69) is 112 Å². The third-order valence-electron chi connectivity index (χ3n) is 8.49. The van der Waals surface area contributed by atoms with Crippen molar-refractivity contribution in [3.8, 4) is 23.0 Å². The Labute approximate surface area is 340 Å². The van der Waals surface area contributed by atoms with Crippen LogP contribution in [-0.4, -0.2) is 81.3 Å². The smallest absolute Gasteiger partial charge is 0.126 e. The fourth-order valence-electron chi connectivity index (χ4n) is 6.37. The summed E-state index contributed by atoms with van der Waals surface area (Å²) < 4.78 is 51.7. The lowest BCUT2D eigenvalue weighted by molar-refractivity contribution is 0.144. The molecule has 0 amide bonds. The highest BCUT2D eigenvalue weighted by Gasteiger charge is 2.24. The van der Waals surface area contributed by atoms with Gasteiger partial charge in [-0.25, -0.2) is 0 Å². The van der Waals surface area contributed by atoms with Gasteiger partial charge < -0.3 is 37.9 Å². The van der Waals surface area contributed by atoms with Gasteiger partial charge in [0, 0.05) is 117 Å². The van der Waals surface area contributed by atoms with Crippen LogP contribution in [0.1, 0.15) is 44.5 Å². The lowest BCUT2D eigenvalue weighted by atomic mass is 9.91. The molecular weight excluding hydrogens is 928 g/mol. The highest BCUT2D eigenvalue weighted by molar-refractivity contribution is 9.11. The van der Waals surface area contributed by atoms with Gasteiger partial charge in [-0.3, -0.25) is 0 Å². The van der Waals surface area contributed by atoms with E-state index in [0.29, 0.717) is 78.5 Å². The molecule has 8 bridgehead atoms. The van der Waals surface area contributed by atoms with E-state index in [-0.39, 0.29) is 0 Å². The molecule has 0 spiro atoms. The standard InChI is InChI=1S/C40H44Br4O8/c1-45-5-9-49-37-25-13-27-19-34(42)21-29(38(27)50-10-6-46-2)15-31-23-36(44)24-32(40(31)52-12-8-48-4)16-30-22-35(43)20-28(39(30)51-11-7-47-3)14-26(37)18-33(41)17-25/h17-24H,5-16H2,1-4H3. The van der Waals surface area contributed by atoms with Crippen molar-refractivity contribution < 1.29 is 37.9 Å². The van der Waals surface area contributed by atoms with E-state index in [4.69, 9.17) is 37.9 Å². The van der Waals surface area contributed by atoms with Gasteiger partial charge in [0.2, 0.25) is 0 Å². The van der Waals surface area contributed by atoms with Crippen LogP contribution in [0.15, 0.2) is 66.4 Å². The maximum atomic E-state index is 6.58. The molecule has 0 N–H and O–H groups in total. The SMILES string of the molecule is COCCOc1c2cc(Br)cc1Cc1cc(Br)cc(c1OCCOC)Cc1cc(Br)cc(c1OCCOC)Cc1cc(Br)cc(c1OCCOC)C2. The van der Waals surface area contributed by atoms with Crippen LogP contribution in [0.5, 0.6) is 23.0 Å². The maximum Gasteiger partial charge on any atom is 0.126 e. The average molecular weight is 972 g/mol. The summed E-state index contributed by atoms with van der Waals surface area (Å²) in [6, 6.07) is 17.0. The highest BCUT2D eigenvalue weighted by atomic mass is 79.9. The molecule has 52 heavy (non-hydrogen) atoms. The van der Waals surface area contributed by atoms with Crippen molar-refractivity contribution in [2.45, 2.75) is 25.7 Å². The third kappa shape index (κ3) is 11.0. The molecule has 1 aliphatic carbocycles. The quantitative estimate of drug-likeness (QED) is 0.0907. The molecule has 5 rings (SSSR count). The molecule has 4 aromatic rings. The Balaban J connectivity index is 1.81. The summed E-state index contributed by atoms with van der Waals surface area (Å²) in [5.74, 6) is 3.24. The molecule has 1 aliphatic rings. The summed E-state index contributed by atoms with van der Waals surface area (Å²) in [5, 5.41) is 0. The summed E-state index contributed by atoms with van der Waals surface area (Å²) >= 11 is 15.3. The van der Waals surface area contributed by atoms with Gasteiger partial charge in [-0.15, -0.1) is 0 Å². The molecule has 0 saturated heterocycles. The van der Waals surface area contributed by atoms with Gasteiger partial charge in [0.05, 0.1) is 26.4 Å². The van der Waals surface area contributed by atoms with E-state index in [1.54, 1.807) is 28.4 Å². The van der Waals surface area contributed by atoms with Crippen molar-refractivity contribution in [1.29, 1.82) is 0 Å². The first-order valence-corrected chi connectivity index (χ1v) is 20.1. The molecule has 0 fully saturated rings. The van der Waals surface area contributed by atoms with Gasteiger partial charge in [-0.05, 0) is 48.5 Å². The normalized spacial score (nSPS) is 12.5. The molecule has 0 aromatic heterocycles. The fraction of sp³-hybridized carbons (Fsp3) is 0.400. The van der Waals surface area contributed by atoms with Crippen molar-refractivity contribution in [2.75, 3.05) is 81.3 Å². The monoisotopic (exact) mass is 968 g/mol. The van der Waals surface area contributed by atoms with E-state index < -0.39 is 0 Å². The van der Waals surface area contributed by atoms with Crippen molar-refractivity contribution in [1.82, 2.24) is 0 Å². The van der Waals surface area contributed by atoms with Gasteiger partial charge in [0.1, 0.15) is 49.4 Å². The number of hydrogen-bond donors (Lipinski definition) is 0. The number of rotatable bonds is 16. The summed E-state index contributed by atoms with van der Waals surface area (Å²) in [6.45, 7) is 3.41. The van der Waals surface area contributed by atoms with Gasteiger partial charge in [-0.1, -0.05) is 63.7 Å². The Bertz CT molecular complexity index is 1460. The predicted octanol–water partition coefficient (Wildman–Crippen LogP) is 9.51. The first-order chi connectivity index (χ1) is 25.2.